The van der Waals surface area contributed by atoms with Crippen LogP contribution in [0.25, 0.3) is 0 Å². The van der Waals surface area contributed by atoms with Crippen LogP contribution in [0.15, 0.2) is 35.2 Å². The summed E-state index contributed by atoms with van der Waals surface area (Å²) in [5.41, 5.74) is 8.91. The smallest absolute Gasteiger partial charge is 0.105 e. The second kappa shape index (κ2) is 5.01. The number of hydrogen-bond donors (Lipinski definition) is 2. The van der Waals surface area contributed by atoms with E-state index in [1.54, 1.807) is 12.5 Å². The van der Waals surface area contributed by atoms with Crippen LogP contribution < -0.4 is 11.1 Å². The molecular formula is C13H17N3O. The Morgan fingerprint density at radius 1 is 1.47 bits per heavy atom. The van der Waals surface area contributed by atoms with E-state index in [4.69, 9.17) is 10.2 Å². The molecule has 0 aromatic carbocycles. The fourth-order valence-electron chi connectivity index (χ4n) is 1.95. The van der Waals surface area contributed by atoms with E-state index in [-0.39, 0.29) is 6.04 Å². The molecule has 0 saturated heterocycles. The van der Waals surface area contributed by atoms with E-state index in [2.05, 4.69) is 10.3 Å². The number of furan rings is 1. The molecule has 0 bridgehead atoms. The number of hydrogen-bond acceptors (Lipinski definition) is 4. The second-order valence-corrected chi connectivity index (χ2v) is 4.05. The molecule has 0 radical (unpaired) electrons. The molecule has 2 heterocycles. The van der Waals surface area contributed by atoms with Gasteiger partial charge in [0, 0.05) is 29.7 Å². The van der Waals surface area contributed by atoms with Gasteiger partial charge in [-0.1, -0.05) is 0 Å². The predicted octanol–water partition coefficient (Wildman–Crippen LogP) is 2.07. The molecule has 0 spiro atoms. The molecule has 4 nitrogen and oxygen atoms in total. The van der Waals surface area contributed by atoms with Crippen molar-refractivity contribution in [3.8, 4) is 0 Å². The zero-order chi connectivity index (χ0) is 12.3. The Hall–Kier alpha value is -1.81. The first-order valence-electron chi connectivity index (χ1n) is 5.62. The number of rotatable bonds is 4. The summed E-state index contributed by atoms with van der Waals surface area (Å²) < 4.78 is 5.33. The Balaban J connectivity index is 2.22. The van der Waals surface area contributed by atoms with Crippen molar-refractivity contribution in [1.29, 1.82) is 0 Å². The fourth-order valence-corrected chi connectivity index (χ4v) is 1.95. The van der Waals surface area contributed by atoms with E-state index < -0.39 is 0 Å². The van der Waals surface area contributed by atoms with Crippen LogP contribution in [-0.4, -0.2) is 12.0 Å². The number of anilines is 1. The molecule has 0 amide bonds. The summed E-state index contributed by atoms with van der Waals surface area (Å²) in [5.74, 6) is 0.937. The molecule has 0 aliphatic heterocycles. The van der Waals surface area contributed by atoms with Crippen LogP contribution >= 0.6 is 0 Å². The number of likely N-dealkylation sites (N-methyl/N-ethyl adjacent to an activating group) is 1. The van der Waals surface area contributed by atoms with Gasteiger partial charge in [0.2, 0.25) is 0 Å². The standard InChI is InChI=1S/C13H17N3O/c1-9-11(4-6-17-9)13(15-2)7-10-8-16-5-3-12(10)14/h3-6,8,13,15H,7H2,1-2H3,(H2,14,16). The van der Waals surface area contributed by atoms with Crippen molar-refractivity contribution in [3.05, 3.63) is 47.7 Å². The summed E-state index contributed by atoms with van der Waals surface area (Å²) in [6.07, 6.45) is 6.03. The van der Waals surface area contributed by atoms with Gasteiger partial charge in [-0.3, -0.25) is 4.98 Å². The quantitative estimate of drug-likeness (QED) is 0.845. The summed E-state index contributed by atoms with van der Waals surface area (Å²) in [7, 11) is 1.93. The highest BCUT2D eigenvalue weighted by Gasteiger charge is 2.15. The average Bonchev–Trinajstić information content (AvgIpc) is 2.75. The molecule has 3 N–H and O–H groups in total. The van der Waals surface area contributed by atoms with Gasteiger partial charge in [-0.2, -0.15) is 0 Å². The minimum absolute atomic E-state index is 0.195. The molecule has 1 unspecified atom stereocenters. The van der Waals surface area contributed by atoms with Crippen molar-refractivity contribution >= 4 is 5.69 Å². The van der Waals surface area contributed by atoms with Gasteiger partial charge >= 0.3 is 0 Å². The summed E-state index contributed by atoms with van der Waals surface area (Å²) >= 11 is 0. The summed E-state index contributed by atoms with van der Waals surface area (Å²) in [6.45, 7) is 1.96. The van der Waals surface area contributed by atoms with Crippen molar-refractivity contribution in [3.63, 3.8) is 0 Å². The highest BCUT2D eigenvalue weighted by Crippen LogP contribution is 2.24. The fraction of sp³-hybridized carbons (Fsp3) is 0.308. The van der Waals surface area contributed by atoms with Gasteiger partial charge in [0.1, 0.15) is 5.76 Å². The Bertz CT molecular complexity index is 493. The zero-order valence-corrected chi connectivity index (χ0v) is 10.1. The molecule has 0 fully saturated rings. The van der Waals surface area contributed by atoms with E-state index >= 15 is 0 Å². The van der Waals surface area contributed by atoms with Gasteiger partial charge in [0.15, 0.2) is 0 Å². The molecule has 4 heteroatoms. The maximum atomic E-state index is 5.92. The van der Waals surface area contributed by atoms with E-state index in [0.29, 0.717) is 0 Å². The summed E-state index contributed by atoms with van der Waals surface area (Å²) in [5, 5.41) is 3.28. The Morgan fingerprint density at radius 2 is 2.29 bits per heavy atom. The van der Waals surface area contributed by atoms with Crippen molar-refractivity contribution < 1.29 is 4.42 Å². The Kier molecular flexibility index (Phi) is 3.44. The van der Waals surface area contributed by atoms with Gasteiger partial charge in [-0.25, -0.2) is 0 Å². The second-order valence-electron chi connectivity index (χ2n) is 4.05. The average molecular weight is 231 g/mol. The molecular weight excluding hydrogens is 214 g/mol. The highest BCUT2D eigenvalue weighted by molar-refractivity contribution is 5.45. The van der Waals surface area contributed by atoms with E-state index in [9.17, 15) is 0 Å². The third kappa shape index (κ3) is 2.47. The van der Waals surface area contributed by atoms with E-state index in [1.807, 2.05) is 32.3 Å². The zero-order valence-electron chi connectivity index (χ0n) is 10.1. The van der Waals surface area contributed by atoms with E-state index in [1.165, 1.54) is 0 Å². The predicted molar refractivity (Wildman–Crippen MR) is 67.6 cm³/mol. The first-order valence-corrected chi connectivity index (χ1v) is 5.62. The van der Waals surface area contributed by atoms with Gasteiger partial charge in [-0.05, 0) is 38.1 Å². The van der Waals surface area contributed by atoms with Crippen molar-refractivity contribution in [2.24, 2.45) is 0 Å². The van der Waals surface area contributed by atoms with Crippen LogP contribution in [-0.2, 0) is 6.42 Å². The molecule has 2 aromatic rings. The van der Waals surface area contributed by atoms with Gasteiger partial charge in [-0.15, -0.1) is 0 Å². The lowest BCUT2D eigenvalue weighted by atomic mass is 10.00. The lowest BCUT2D eigenvalue weighted by Crippen LogP contribution is -2.19. The highest BCUT2D eigenvalue weighted by atomic mass is 16.3. The van der Waals surface area contributed by atoms with Crippen LogP contribution in [0.2, 0.25) is 0 Å². The molecule has 0 aliphatic carbocycles. The third-order valence-corrected chi connectivity index (χ3v) is 2.99. The molecule has 17 heavy (non-hydrogen) atoms. The lowest BCUT2D eigenvalue weighted by molar-refractivity contribution is 0.512. The Morgan fingerprint density at radius 3 is 2.88 bits per heavy atom. The normalized spacial score (nSPS) is 12.6. The first-order chi connectivity index (χ1) is 8.22. The largest absolute Gasteiger partial charge is 0.469 e. The maximum absolute atomic E-state index is 5.92. The van der Waals surface area contributed by atoms with Crippen LogP contribution in [0.3, 0.4) is 0 Å². The van der Waals surface area contributed by atoms with E-state index in [0.717, 1.165) is 29.0 Å². The van der Waals surface area contributed by atoms with Crippen molar-refractivity contribution in [2.45, 2.75) is 19.4 Å². The van der Waals surface area contributed by atoms with Gasteiger partial charge in [0.05, 0.1) is 6.26 Å². The lowest BCUT2D eigenvalue weighted by Gasteiger charge is -2.16. The summed E-state index contributed by atoms with van der Waals surface area (Å²) in [4.78, 5) is 4.11. The van der Waals surface area contributed by atoms with Gasteiger partial charge in [0.25, 0.3) is 0 Å². The number of nitrogen functional groups attached to an aromatic ring is 1. The monoisotopic (exact) mass is 231 g/mol. The van der Waals surface area contributed by atoms with Gasteiger partial charge < -0.3 is 15.5 Å². The topological polar surface area (TPSA) is 64.1 Å². The molecule has 0 aliphatic rings. The van der Waals surface area contributed by atoms with Crippen molar-refractivity contribution in [2.75, 3.05) is 12.8 Å². The molecule has 2 rings (SSSR count). The SMILES string of the molecule is CNC(Cc1cnccc1N)c1ccoc1C. The number of nitrogens with one attached hydrogen (secondary N) is 1. The number of pyridine rings is 1. The van der Waals surface area contributed by atoms with Crippen LogP contribution in [0.5, 0.6) is 0 Å². The number of nitrogens with two attached hydrogens (primary N) is 1. The van der Waals surface area contributed by atoms with Crippen LogP contribution in [0.4, 0.5) is 5.69 Å². The third-order valence-electron chi connectivity index (χ3n) is 2.99. The Labute approximate surface area is 101 Å². The van der Waals surface area contributed by atoms with Crippen molar-refractivity contribution in [1.82, 2.24) is 10.3 Å². The van der Waals surface area contributed by atoms with Crippen LogP contribution in [0.1, 0.15) is 22.9 Å². The molecule has 2 aromatic heterocycles. The number of aromatic nitrogens is 1. The van der Waals surface area contributed by atoms with Crippen LogP contribution in [0, 0.1) is 6.92 Å². The number of nitrogens with zero attached hydrogens (tertiary/aromatic N) is 1. The maximum Gasteiger partial charge on any atom is 0.105 e. The first kappa shape index (κ1) is 11.7. The molecule has 1 atom stereocenters. The molecule has 90 valence electrons. The number of aryl methyl sites for hydroxylation is 1. The minimum Gasteiger partial charge on any atom is -0.469 e. The molecule has 0 saturated carbocycles. The summed E-state index contributed by atoms with van der Waals surface area (Å²) in [6, 6.07) is 4.01. The minimum atomic E-state index is 0.195.